The van der Waals surface area contributed by atoms with E-state index in [-0.39, 0.29) is 37.3 Å². The smallest absolute Gasteiger partial charge is 0.243 e. The van der Waals surface area contributed by atoms with Crippen molar-refractivity contribution in [2.24, 2.45) is 7.05 Å². The highest BCUT2D eigenvalue weighted by Crippen LogP contribution is 2.21. The van der Waals surface area contributed by atoms with Crippen LogP contribution in [0.4, 0.5) is 4.39 Å². The molecule has 154 valence electrons. The van der Waals surface area contributed by atoms with Crippen molar-refractivity contribution in [3.05, 3.63) is 48.3 Å². The first-order valence-electron chi connectivity index (χ1n) is 8.62. The van der Waals surface area contributed by atoms with Gasteiger partial charge < -0.3 is 14.8 Å². The molecule has 0 bridgehead atoms. The summed E-state index contributed by atoms with van der Waals surface area (Å²) < 4.78 is 42.3. The van der Waals surface area contributed by atoms with E-state index in [4.69, 9.17) is 0 Å². The van der Waals surface area contributed by atoms with Crippen LogP contribution in [0.25, 0.3) is 0 Å². The molecule has 1 aromatic heterocycles. The number of hydrogen-bond acceptors (Lipinski definition) is 5. The molecular formula is C17H23ClFN5O3S. The fraction of sp³-hybridized carbons (Fsp3) is 0.412. The van der Waals surface area contributed by atoms with E-state index in [9.17, 15) is 17.6 Å². The highest BCUT2D eigenvalue weighted by molar-refractivity contribution is 7.89. The molecule has 1 saturated heterocycles. The fourth-order valence-electron chi connectivity index (χ4n) is 3.11. The third-order valence-corrected chi connectivity index (χ3v) is 5.97. The van der Waals surface area contributed by atoms with E-state index >= 15 is 0 Å². The van der Waals surface area contributed by atoms with E-state index in [1.165, 1.54) is 18.2 Å². The second-order valence-electron chi connectivity index (χ2n) is 6.28. The number of carbonyl (C=O) groups is 1. The molecular weight excluding hydrogens is 409 g/mol. The standard InChI is InChI=1S/C17H22FN5O3S.ClH/c1-22-10-9-20-17(22)14-12-19-8-11-23(14)16(24)6-7-21-27(25,26)15-5-3-2-4-13(15)18;/h2-5,9-10,14,19,21H,6-8,11-12H2,1H3;1H. The second-order valence-corrected chi connectivity index (χ2v) is 8.02. The molecule has 1 amide bonds. The molecule has 0 spiro atoms. The molecule has 1 aromatic carbocycles. The lowest BCUT2D eigenvalue weighted by Crippen LogP contribution is -2.50. The maximum atomic E-state index is 13.7. The molecule has 28 heavy (non-hydrogen) atoms. The molecule has 8 nitrogen and oxygen atoms in total. The molecule has 3 rings (SSSR count). The summed E-state index contributed by atoms with van der Waals surface area (Å²) in [6.45, 7) is 1.65. The minimum atomic E-state index is -4.01. The number of hydrogen-bond donors (Lipinski definition) is 2. The normalized spacial score (nSPS) is 17.2. The van der Waals surface area contributed by atoms with Gasteiger partial charge in [0.2, 0.25) is 15.9 Å². The van der Waals surface area contributed by atoms with E-state index in [0.717, 1.165) is 11.9 Å². The highest BCUT2D eigenvalue weighted by atomic mass is 35.5. The number of aryl methyl sites for hydroxylation is 1. The minimum absolute atomic E-state index is 0. The van der Waals surface area contributed by atoms with Gasteiger partial charge in [-0.2, -0.15) is 0 Å². The summed E-state index contributed by atoms with van der Waals surface area (Å²) in [7, 11) is -2.14. The Morgan fingerprint density at radius 3 is 2.82 bits per heavy atom. The summed E-state index contributed by atoms with van der Waals surface area (Å²) in [5.74, 6) is -0.239. The van der Waals surface area contributed by atoms with E-state index in [0.29, 0.717) is 19.6 Å². The number of amides is 1. The number of nitrogens with zero attached hydrogens (tertiary/aromatic N) is 3. The van der Waals surface area contributed by atoms with Crippen LogP contribution in [0.1, 0.15) is 18.3 Å². The summed E-state index contributed by atoms with van der Waals surface area (Å²) in [4.78, 5) is 18.3. The first-order chi connectivity index (χ1) is 12.9. The van der Waals surface area contributed by atoms with Gasteiger partial charge in [0.25, 0.3) is 0 Å². The predicted octanol–water partition coefficient (Wildman–Crippen LogP) is 0.823. The Bertz CT molecular complexity index is 921. The lowest BCUT2D eigenvalue weighted by Gasteiger charge is -2.35. The van der Waals surface area contributed by atoms with Crippen molar-refractivity contribution >= 4 is 28.3 Å². The molecule has 0 saturated carbocycles. The van der Waals surface area contributed by atoms with Gasteiger partial charge in [-0.15, -0.1) is 12.4 Å². The van der Waals surface area contributed by atoms with Gasteiger partial charge in [0.05, 0.1) is 0 Å². The SMILES string of the molecule is Cl.Cn1ccnc1C1CNCCN1C(=O)CCNS(=O)(=O)c1ccccc1F. The maximum Gasteiger partial charge on any atom is 0.243 e. The number of nitrogens with one attached hydrogen (secondary N) is 2. The van der Waals surface area contributed by atoms with Crippen LogP contribution in [-0.4, -0.2) is 55.0 Å². The molecule has 1 fully saturated rings. The summed E-state index contributed by atoms with van der Waals surface area (Å²) in [5.41, 5.74) is 0. The van der Waals surface area contributed by atoms with Crippen molar-refractivity contribution in [1.82, 2.24) is 24.5 Å². The van der Waals surface area contributed by atoms with Crippen LogP contribution in [0.5, 0.6) is 0 Å². The van der Waals surface area contributed by atoms with Gasteiger partial charge in [-0.1, -0.05) is 12.1 Å². The molecule has 0 radical (unpaired) electrons. The number of benzene rings is 1. The topological polar surface area (TPSA) is 96.3 Å². The number of sulfonamides is 1. The average molecular weight is 432 g/mol. The molecule has 2 aromatic rings. The van der Waals surface area contributed by atoms with Crippen molar-refractivity contribution < 1.29 is 17.6 Å². The number of rotatable bonds is 6. The zero-order chi connectivity index (χ0) is 19.4. The van der Waals surface area contributed by atoms with E-state index < -0.39 is 20.7 Å². The van der Waals surface area contributed by atoms with Gasteiger partial charge in [0.15, 0.2) is 0 Å². The molecule has 2 N–H and O–H groups in total. The zero-order valence-corrected chi connectivity index (χ0v) is 17.0. The summed E-state index contributed by atoms with van der Waals surface area (Å²) in [5, 5.41) is 3.24. The zero-order valence-electron chi connectivity index (χ0n) is 15.3. The largest absolute Gasteiger partial charge is 0.336 e. The van der Waals surface area contributed by atoms with Gasteiger partial charge >= 0.3 is 0 Å². The predicted molar refractivity (Wildman–Crippen MR) is 104 cm³/mol. The van der Waals surface area contributed by atoms with Crippen LogP contribution in [0.15, 0.2) is 41.6 Å². The van der Waals surface area contributed by atoms with Crippen molar-refractivity contribution in [2.45, 2.75) is 17.4 Å². The molecule has 2 heterocycles. The third kappa shape index (κ3) is 4.88. The molecule has 1 unspecified atom stereocenters. The fourth-order valence-corrected chi connectivity index (χ4v) is 4.22. The molecule has 11 heteroatoms. The summed E-state index contributed by atoms with van der Waals surface area (Å²) >= 11 is 0. The number of carbonyl (C=O) groups excluding carboxylic acids is 1. The lowest BCUT2D eigenvalue weighted by atomic mass is 10.1. The van der Waals surface area contributed by atoms with Crippen LogP contribution >= 0.6 is 12.4 Å². The minimum Gasteiger partial charge on any atom is -0.336 e. The van der Waals surface area contributed by atoms with Crippen LogP contribution in [0, 0.1) is 5.82 Å². The Kier molecular flexibility index (Phi) is 7.53. The van der Waals surface area contributed by atoms with Crippen LogP contribution in [-0.2, 0) is 21.9 Å². The summed E-state index contributed by atoms with van der Waals surface area (Å²) in [6.07, 6.45) is 3.47. The first-order valence-corrected chi connectivity index (χ1v) is 10.1. The van der Waals surface area contributed by atoms with E-state index in [1.54, 1.807) is 11.1 Å². The van der Waals surface area contributed by atoms with Crippen molar-refractivity contribution in [3.8, 4) is 0 Å². The third-order valence-electron chi connectivity index (χ3n) is 4.48. The Morgan fingerprint density at radius 2 is 2.14 bits per heavy atom. The lowest BCUT2D eigenvalue weighted by molar-refractivity contribution is -0.134. The van der Waals surface area contributed by atoms with Gasteiger partial charge in [-0.3, -0.25) is 4.79 Å². The average Bonchev–Trinajstić information content (AvgIpc) is 3.07. The Labute approximate surface area is 169 Å². The van der Waals surface area contributed by atoms with Crippen LogP contribution in [0.2, 0.25) is 0 Å². The number of halogens is 2. The van der Waals surface area contributed by atoms with Crippen molar-refractivity contribution in [3.63, 3.8) is 0 Å². The van der Waals surface area contributed by atoms with E-state index in [2.05, 4.69) is 15.0 Å². The highest BCUT2D eigenvalue weighted by Gasteiger charge is 2.30. The number of aromatic nitrogens is 2. The molecule has 0 aliphatic carbocycles. The molecule has 1 aliphatic heterocycles. The Hall–Kier alpha value is -2.01. The van der Waals surface area contributed by atoms with Gasteiger partial charge in [0.1, 0.15) is 22.6 Å². The maximum absolute atomic E-state index is 13.7. The van der Waals surface area contributed by atoms with E-state index in [1.807, 2.05) is 17.8 Å². The van der Waals surface area contributed by atoms with Crippen LogP contribution < -0.4 is 10.0 Å². The monoisotopic (exact) mass is 431 g/mol. The van der Waals surface area contributed by atoms with Gasteiger partial charge in [-0.25, -0.2) is 22.5 Å². The van der Waals surface area contributed by atoms with Gasteiger partial charge in [-0.05, 0) is 12.1 Å². The van der Waals surface area contributed by atoms with Gasteiger partial charge in [0, 0.05) is 52.0 Å². The summed E-state index contributed by atoms with van der Waals surface area (Å²) in [6, 6.07) is 4.92. The first kappa shape index (κ1) is 22.3. The van der Waals surface area contributed by atoms with Crippen molar-refractivity contribution in [2.75, 3.05) is 26.2 Å². The van der Waals surface area contributed by atoms with Crippen LogP contribution in [0.3, 0.4) is 0 Å². The number of piperazine rings is 1. The van der Waals surface area contributed by atoms with Crippen molar-refractivity contribution in [1.29, 1.82) is 0 Å². The molecule has 1 aliphatic rings. The number of imidazole rings is 1. The molecule has 1 atom stereocenters. The Balaban J connectivity index is 0.00000280. The quantitative estimate of drug-likeness (QED) is 0.706. The second kappa shape index (κ2) is 9.46. The Morgan fingerprint density at radius 1 is 1.39 bits per heavy atom.